The van der Waals surface area contributed by atoms with Crippen molar-refractivity contribution in [2.45, 2.75) is 38.7 Å². The molecule has 4 rings (SSSR count). The zero-order valence-electron chi connectivity index (χ0n) is 19.1. The van der Waals surface area contributed by atoms with Crippen LogP contribution >= 0.6 is 0 Å². The molecule has 0 N–H and O–H groups in total. The molecule has 186 valence electrons. The Morgan fingerprint density at radius 3 is 2.38 bits per heavy atom. The second-order valence-corrected chi connectivity index (χ2v) is 11.1. The van der Waals surface area contributed by atoms with E-state index in [1.807, 2.05) is 4.90 Å². The molecule has 34 heavy (non-hydrogen) atoms. The Morgan fingerprint density at radius 1 is 1.06 bits per heavy atom. The molecule has 0 aliphatic carbocycles. The van der Waals surface area contributed by atoms with Gasteiger partial charge in [-0.25, -0.2) is 12.7 Å². The first-order valence-corrected chi connectivity index (χ1v) is 12.9. The van der Waals surface area contributed by atoms with Crippen LogP contribution in [0.4, 0.5) is 13.2 Å². The van der Waals surface area contributed by atoms with Gasteiger partial charge in [0.1, 0.15) is 0 Å². The smallest absolute Gasteiger partial charge is 0.416 e. The van der Waals surface area contributed by atoms with Gasteiger partial charge in [0.25, 0.3) is 5.56 Å². The van der Waals surface area contributed by atoms with E-state index >= 15 is 0 Å². The molecular formula is C23H28F3N3O4S. The number of hydrogen-bond donors (Lipinski definition) is 0. The van der Waals surface area contributed by atoms with E-state index in [1.54, 1.807) is 19.2 Å². The molecule has 0 radical (unpaired) electrons. The summed E-state index contributed by atoms with van der Waals surface area (Å²) in [6.45, 7) is 2.57. The standard InChI is InChI=1S/C23H28F3N3O4S/c1-27-20(14-28-12-17-3-4-19(23(24,25)26)11-18(17)13-28)5-6-21(22(27)30)33-15-16-7-9-29(10-8-16)34(2,31)32/h3-6,11,16H,7-10,12-15H2,1-2H3. The molecule has 0 spiro atoms. The zero-order chi connectivity index (χ0) is 24.7. The quantitative estimate of drug-likeness (QED) is 0.611. The fourth-order valence-electron chi connectivity index (χ4n) is 4.52. The number of nitrogens with zero attached hydrogens (tertiary/aromatic N) is 3. The summed E-state index contributed by atoms with van der Waals surface area (Å²) in [4.78, 5) is 14.8. The first kappa shape index (κ1) is 24.7. The number of alkyl halides is 3. The topological polar surface area (TPSA) is 71.8 Å². The normalized spacial score (nSPS) is 18.3. The molecule has 3 heterocycles. The SMILES string of the molecule is Cn1c(CN2Cc3ccc(C(F)(F)F)cc3C2)ccc(OCC2CCN(S(C)(=O)=O)CC2)c1=O. The van der Waals surface area contributed by atoms with Gasteiger partial charge in [0, 0.05) is 45.5 Å². The molecule has 7 nitrogen and oxygen atoms in total. The van der Waals surface area contributed by atoms with E-state index in [0.29, 0.717) is 57.7 Å². The molecule has 1 aromatic heterocycles. The number of sulfonamides is 1. The highest BCUT2D eigenvalue weighted by molar-refractivity contribution is 7.88. The second kappa shape index (κ2) is 9.35. The maximum Gasteiger partial charge on any atom is 0.416 e. The van der Waals surface area contributed by atoms with Crippen molar-refractivity contribution in [2.24, 2.45) is 13.0 Å². The lowest BCUT2D eigenvalue weighted by atomic mass is 9.99. The molecule has 1 saturated heterocycles. The van der Waals surface area contributed by atoms with Gasteiger partial charge in [-0.05, 0) is 54.2 Å². The molecule has 0 atom stereocenters. The maximum absolute atomic E-state index is 13.0. The molecule has 2 aliphatic heterocycles. The van der Waals surface area contributed by atoms with Gasteiger partial charge in [0.2, 0.25) is 10.0 Å². The number of piperidine rings is 1. The van der Waals surface area contributed by atoms with Crippen LogP contribution < -0.4 is 10.3 Å². The van der Waals surface area contributed by atoms with Gasteiger partial charge in [-0.15, -0.1) is 0 Å². The van der Waals surface area contributed by atoms with E-state index in [2.05, 4.69) is 0 Å². The first-order chi connectivity index (χ1) is 15.9. The Balaban J connectivity index is 1.35. The van der Waals surface area contributed by atoms with Gasteiger partial charge in [-0.3, -0.25) is 9.69 Å². The first-order valence-electron chi connectivity index (χ1n) is 11.1. The largest absolute Gasteiger partial charge is 0.488 e. The van der Waals surface area contributed by atoms with Crippen LogP contribution in [0.15, 0.2) is 35.1 Å². The molecular weight excluding hydrogens is 471 g/mol. The van der Waals surface area contributed by atoms with Crippen molar-refractivity contribution in [1.82, 2.24) is 13.8 Å². The van der Waals surface area contributed by atoms with Gasteiger partial charge in [-0.1, -0.05) is 6.07 Å². The number of halogens is 3. The zero-order valence-corrected chi connectivity index (χ0v) is 20.0. The number of aromatic nitrogens is 1. The molecule has 2 aromatic rings. The summed E-state index contributed by atoms with van der Waals surface area (Å²) in [5.41, 5.74) is 1.33. The second-order valence-electron chi connectivity index (χ2n) is 9.10. The van der Waals surface area contributed by atoms with Crippen molar-refractivity contribution < 1.29 is 26.3 Å². The molecule has 0 amide bonds. The molecule has 0 saturated carbocycles. The molecule has 0 bridgehead atoms. The van der Waals surface area contributed by atoms with Crippen LogP contribution in [-0.4, -0.2) is 48.1 Å². The highest BCUT2D eigenvalue weighted by Gasteiger charge is 2.32. The predicted octanol–water partition coefficient (Wildman–Crippen LogP) is 2.97. The van der Waals surface area contributed by atoms with Gasteiger partial charge in [0.15, 0.2) is 5.75 Å². The van der Waals surface area contributed by atoms with Gasteiger partial charge < -0.3 is 9.30 Å². The van der Waals surface area contributed by atoms with Crippen molar-refractivity contribution in [3.8, 4) is 5.75 Å². The maximum atomic E-state index is 13.0. The van der Waals surface area contributed by atoms with Crippen molar-refractivity contribution in [1.29, 1.82) is 0 Å². The summed E-state index contributed by atoms with van der Waals surface area (Å²) in [5.74, 6) is 0.406. The molecule has 1 aromatic carbocycles. The lowest BCUT2D eigenvalue weighted by Gasteiger charge is -2.30. The number of hydrogen-bond acceptors (Lipinski definition) is 5. The Bertz CT molecular complexity index is 1220. The summed E-state index contributed by atoms with van der Waals surface area (Å²) in [5, 5.41) is 0. The van der Waals surface area contributed by atoms with Crippen LogP contribution in [0.2, 0.25) is 0 Å². The third-order valence-corrected chi connectivity index (χ3v) is 7.90. The number of ether oxygens (including phenoxy) is 1. The number of pyridine rings is 1. The minimum atomic E-state index is -4.37. The highest BCUT2D eigenvalue weighted by Crippen LogP contribution is 2.33. The summed E-state index contributed by atoms with van der Waals surface area (Å²) in [6, 6.07) is 7.26. The third kappa shape index (κ3) is 5.47. The third-order valence-electron chi connectivity index (χ3n) is 6.60. The van der Waals surface area contributed by atoms with Crippen molar-refractivity contribution in [2.75, 3.05) is 26.0 Å². The summed E-state index contributed by atoms with van der Waals surface area (Å²) in [6.07, 6.45) is -1.81. The molecule has 0 unspecified atom stereocenters. The van der Waals surface area contributed by atoms with Gasteiger partial charge >= 0.3 is 6.18 Å². The van der Waals surface area contributed by atoms with E-state index in [1.165, 1.54) is 27.3 Å². The Morgan fingerprint density at radius 2 is 1.74 bits per heavy atom. The van der Waals surface area contributed by atoms with Gasteiger partial charge in [-0.2, -0.15) is 13.2 Å². The fraction of sp³-hybridized carbons (Fsp3) is 0.522. The average molecular weight is 500 g/mol. The summed E-state index contributed by atoms with van der Waals surface area (Å²) in [7, 11) is -1.53. The molecule has 11 heteroatoms. The Kier molecular flexibility index (Phi) is 6.80. The van der Waals surface area contributed by atoms with Gasteiger partial charge in [0.05, 0.1) is 18.4 Å². The minimum Gasteiger partial charge on any atom is -0.488 e. The minimum absolute atomic E-state index is 0.173. The van der Waals surface area contributed by atoms with E-state index in [4.69, 9.17) is 4.74 Å². The van der Waals surface area contributed by atoms with Crippen molar-refractivity contribution in [3.05, 3.63) is 63.1 Å². The lowest BCUT2D eigenvalue weighted by Crippen LogP contribution is -2.39. The Labute approximate surface area is 196 Å². The average Bonchev–Trinajstić information content (AvgIpc) is 3.17. The Hall–Kier alpha value is -2.37. The monoisotopic (exact) mass is 499 g/mol. The number of fused-ring (bicyclic) bond motifs is 1. The van der Waals surface area contributed by atoms with E-state index < -0.39 is 21.8 Å². The van der Waals surface area contributed by atoms with E-state index in [9.17, 15) is 26.4 Å². The fourth-order valence-corrected chi connectivity index (χ4v) is 5.39. The van der Waals surface area contributed by atoms with Crippen LogP contribution in [0, 0.1) is 5.92 Å². The lowest BCUT2D eigenvalue weighted by molar-refractivity contribution is -0.137. The van der Waals surface area contributed by atoms with E-state index in [-0.39, 0.29) is 17.2 Å². The highest BCUT2D eigenvalue weighted by atomic mass is 32.2. The molecule has 2 aliphatic rings. The van der Waals surface area contributed by atoms with E-state index in [0.717, 1.165) is 17.3 Å². The van der Waals surface area contributed by atoms with Crippen LogP contribution in [0.3, 0.4) is 0 Å². The number of rotatable bonds is 6. The van der Waals surface area contributed by atoms with Crippen LogP contribution in [-0.2, 0) is 42.9 Å². The number of benzene rings is 1. The van der Waals surface area contributed by atoms with Crippen molar-refractivity contribution >= 4 is 10.0 Å². The molecule has 1 fully saturated rings. The van der Waals surface area contributed by atoms with Crippen molar-refractivity contribution in [3.63, 3.8) is 0 Å². The van der Waals surface area contributed by atoms with Crippen LogP contribution in [0.5, 0.6) is 5.75 Å². The summed E-state index contributed by atoms with van der Waals surface area (Å²) >= 11 is 0. The van der Waals surface area contributed by atoms with Crippen LogP contribution in [0.1, 0.15) is 35.2 Å². The predicted molar refractivity (Wildman–Crippen MR) is 121 cm³/mol. The summed E-state index contributed by atoms with van der Waals surface area (Å²) < 4.78 is 71.0. The van der Waals surface area contributed by atoms with Crippen LogP contribution in [0.25, 0.3) is 0 Å².